The second-order valence-corrected chi connectivity index (χ2v) is 6.94. The van der Waals surface area contributed by atoms with E-state index in [2.05, 4.69) is 22.3 Å². The van der Waals surface area contributed by atoms with Gasteiger partial charge in [-0.2, -0.15) is 0 Å². The number of benzene rings is 2. The number of rotatable bonds is 4. The lowest BCUT2D eigenvalue weighted by Crippen LogP contribution is -2.50. The fourth-order valence-electron chi connectivity index (χ4n) is 3.70. The van der Waals surface area contributed by atoms with Crippen molar-refractivity contribution >= 4 is 11.6 Å². The molecule has 4 rings (SSSR count). The van der Waals surface area contributed by atoms with Crippen LogP contribution in [0.2, 0.25) is 0 Å². The lowest BCUT2D eigenvalue weighted by atomic mass is 9.97. The van der Waals surface area contributed by atoms with Gasteiger partial charge in [-0.3, -0.25) is 14.7 Å². The van der Waals surface area contributed by atoms with Crippen LogP contribution in [0.15, 0.2) is 59.6 Å². The van der Waals surface area contributed by atoms with Crippen LogP contribution in [-0.2, 0) is 11.3 Å². The minimum absolute atomic E-state index is 0.0579. The summed E-state index contributed by atoms with van der Waals surface area (Å²) in [5.41, 5.74) is 2.25. The second kappa shape index (κ2) is 6.92. The molecule has 0 aromatic heterocycles. The molecular formula is C21H23N3O2. The highest BCUT2D eigenvalue weighted by Crippen LogP contribution is 2.29. The van der Waals surface area contributed by atoms with Crippen molar-refractivity contribution in [2.24, 2.45) is 4.99 Å². The van der Waals surface area contributed by atoms with E-state index in [0.717, 1.165) is 43.8 Å². The van der Waals surface area contributed by atoms with Crippen molar-refractivity contribution in [3.63, 3.8) is 0 Å². The zero-order valence-electron chi connectivity index (χ0n) is 14.9. The SMILES string of the molecule is COc1cccc(CN2CCC3(CC2)N=C(c2ccccc2)C(=O)N3)c1. The van der Waals surface area contributed by atoms with E-state index in [1.807, 2.05) is 42.5 Å². The Morgan fingerprint density at radius 2 is 1.88 bits per heavy atom. The third-order valence-corrected chi connectivity index (χ3v) is 5.16. The Morgan fingerprint density at radius 3 is 2.62 bits per heavy atom. The molecule has 5 nitrogen and oxygen atoms in total. The Hall–Kier alpha value is -2.66. The Balaban J connectivity index is 1.43. The molecule has 2 aliphatic rings. The normalized spacial score (nSPS) is 19.3. The van der Waals surface area contributed by atoms with Crippen molar-refractivity contribution in [1.29, 1.82) is 0 Å². The highest BCUT2D eigenvalue weighted by Gasteiger charge is 2.41. The fourth-order valence-corrected chi connectivity index (χ4v) is 3.70. The summed E-state index contributed by atoms with van der Waals surface area (Å²) < 4.78 is 5.30. The van der Waals surface area contributed by atoms with Gasteiger partial charge in [-0.25, -0.2) is 0 Å². The van der Waals surface area contributed by atoms with Gasteiger partial charge < -0.3 is 10.1 Å². The third kappa shape index (κ3) is 3.35. The topological polar surface area (TPSA) is 53.9 Å². The lowest BCUT2D eigenvalue weighted by Gasteiger charge is -2.37. The molecule has 0 atom stereocenters. The van der Waals surface area contributed by atoms with Crippen LogP contribution < -0.4 is 10.1 Å². The van der Waals surface area contributed by atoms with Crippen LogP contribution in [0.4, 0.5) is 0 Å². The first-order valence-corrected chi connectivity index (χ1v) is 9.01. The Kier molecular flexibility index (Phi) is 4.47. The van der Waals surface area contributed by atoms with Crippen LogP contribution >= 0.6 is 0 Å². The van der Waals surface area contributed by atoms with E-state index in [-0.39, 0.29) is 5.91 Å². The first-order chi connectivity index (χ1) is 12.7. The Labute approximate surface area is 153 Å². The van der Waals surface area contributed by atoms with Gasteiger partial charge in [0.2, 0.25) is 0 Å². The minimum Gasteiger partial charge on any atom is -0.497 e. The molecule has 0 radical (unpaired) electrons. The number of hydrogen-bond donors (Lipinski definition) is 1. The van der Waals surface area contributed by atoms with E-state index in [1.54, 1.807) is 7.11 Å². The summed E-state index contributed by atoms with van der Waals surface area (Å²) in [7, 11) is 1.69. The third-order valence-electron chi connectivity index (χ3n) is 5.16. The minimum atomic E-state index is -0.437. The molecule has 2 heterocycles. The summed E-state index contributed by atoms with van der Waals surface area (Å²) in [5, 5.41) is 3.13. The van der Waals surface area contributed by atoms with E-state index in [4.69, 9.17) is 9.73 Å². The number of amides is 1. The average Bonchev–Trinajstić information content (AvgIpc) is 3.01. The van der Waals surface area contributed by atoms with Gasteiger partial charge >= 0.3 is 0 Å². The molecule has 1 amide bonds. The standard InChI is InChI=1S/C21H23N3O2/c1-26-18-9-5-6-16(14-18)15-24-12-10-21(11-13-24)22-19(20(25)23-21)17-7-3-2-4-8-17/h2-9,14H,10-13,15H2,1H3,(H,23,25). The van der Waals surface area contributed by atoms with E-state index in [0.29, 0.717) is 5.71 Å². The van der Waals surface area contributed by atoms with Crippen LogP contribution in [0.5, 0.6) is 5.75 Å². The number of nitrogens with zero attached hydrogens (tertiary/aromatic N) is 2. The molecule has 1 spiro atoms. The number of aliphatic imine (C=N–C) groups is 1. The molecule has 1 fully saturated rings. The number of ether oxygens (including phenoxy) is 1. The van der Waals surface area contributed by atoms with Gasteiger partial charge in [0.25, 0.3) is 5.91 Å². The number of piperidine rings is 1. The van der Waals surface area contributed by atoms with Gasteiger partial charge in [-0.15, -0.1) is 0 Å². The number of methoxy groups -OCH3 is 1. The quantitative estimate of drug-likeness (QED) is 0.923. The average molecular weight is 349 g/mol. The highest BCUT2D eigenvalue weighted by molar-refractivity contribution is 6.46. The van der Waals surface area contributed by atoms with Crippen LogP contribution in [0, 0.1) is 0 Å². The maximum atomic E-state index is 12.4. The van der Waals surface area contributed by atoms with Crippen molar-refractivity contribution in [1.82, 2.24) is 10.2 Å². The van der Waals surface area contributed by atoms with Crippen LogP contribution in [0.1, 0.15) is 24.0 Å². The van der Waals surface area contributed by atoms with Gasteiger partial charge in [-0.05, 0) is 17.7 Å². The number of carbonyl (C=O) groups excluding carboxylic acids is 1. The van der Waals surface area contributed by atoms with E-state index in [1.165, 1.54) is 5.56 Å². The first-order valence-electron chi connectivity index (χ1n) is 9.01. The summed E-state index contributed by atoms with van der Waals surface area (Å²) in [6, 6.07) is 17.9. The molecule has 0 aliphatic carbocycles. The fraction of sp³-hybridized carbons (Fsp3) is 0.333. The summed E-state index contributed by atoms with van der Waals surface area (Å²) in [5.74, 6) is 0.827. The van der Waals surface area contributed by atoms with Gasteiger partial charge in [0.1, 0.15) is 17.1 Å². The van der Waals surface area contributed by atoms with Crippen molar-refractivity contribution in [3.8, 4) is 5.75 Å². The molecule has 0 saturated carbocycles. The van der Waals surface area contributed by atoms with E-state index >= 15 is 0 Å². The predicted octanol–water partition coefficient (Wildman–Crippen LogP) is 2.61. The van der Waals surface area contributed by atoms with Crippen LogP contribution in [-0.4, -0.2) is 42.4 Å². The van der Waals surface area contributed by atoms with Gasteiger partial charge in [-0.1, -0.05) is 42.5 Å². The van der Waals surface area contributed by atoms with Gasteiger partial charge in [0, 0.05) is 38.0 Å². The lowest BCUT2D eigenvalue weighted by molar-refractivity contribution is -0.115. The molecule has 2 aromatic carbocycles. The van der Waals surface area contributed by atoms with Gasteiger partial charge in [0.05, 0.1) is 7.11 Å². The maximum absolute atomic E-state index is 12.4. The zero-order chi connectivity index (χ0) is 18.0. The summed E-state index contributed by atoms with van der Waals surface area (Å²) in [6.45, 7) is 2.70. The summed E-state index contributed by atoms with van der Waals surface area (Å²) >= 11 is 0. The summed E-state index contributed by atoms with van der Waals surface area (Å²) in [6.07, 6.45) is 1.66. The first kappa shape index (κ1) is 16.8. The number of nitrogens with one attached hydrogen (secondary N) is 1. The zero-order valence-corrected chi connectivity index (χ0v) is 14.9. The van der Waals surface area contributed by atoms with Crippen LogP contribution in [0.3, 0.4) is 0 Å². The molecule has 1 saturated heterocycles. The molecule has 0 bridgehead atoms. The van der Waals surface area contributed by atoms with Crippen LogP contribution in [0.25, 0.3) is 0 Å². The Bertz CT molecular complexity index is 824. The molecule has 2 aliphatic heterocycles. The van der Waals surface area contributed by atoms with E-state index < -0.39 is 5.66 Å². The number of hydrogen-bond acceptors (Lipinski definition) is 4. The number of carbonyl (C=O) groups is 1. The molecule has 0 unspecified atom stereocenters. The second-order valence-electron chi connectivity index (χ2n) is 6.94. The van der Waals surface area contributed by atoms with Gasteiger partial charge in [0.15, 0.2) is 0 Å². The molecule has 134 valence electrons. The maximum Gasteiger partial charge on any atom is 0.272 e. The Morgan fingerprint density at radius 1 is 1.12 bits per heavy atom. The largest absolute Gasteiger partial charge is 0.497 e. The molecular weight excluding hydrogens is 326 g/mol. The van der Waals surface area contributed by atoms with Crippen molar-refractivity contribution < 1.29 is 9.53 Å². The monoisotopic (exact) mass is 349 g/mol. The number of likely N-dealkylation sites (tertiary alicyclic amines) is 1. The predicted molar refractivity (Wildman–Crippen MR) is 101 cm³/mol. The molecule has 5 heteroatoms. The van der Waals surface area contributed by atoms with E-state index in [9.17, 15) is 4.79 Å². The van der Waals surface area contributed by atoms with Crippen molar-refractivity contribution in [3.05, 3.63) is 65.7 Å². The van der Waals surface area contributed by atoms with Crippen molar-refractivity contribution in [2.45, 2.75) is 25.0 Å². The molecule has 2 aromatic rings. The molecule has 1 N–H and O–H groups in total. The van der Waals surface area contributed by atoms with Crippen molar-refractivity contribution in [2.75, 3.05) is 20.2 Å². The highest BCUT2D eigenvalue weighted by atomic mass is 16.5. The summed E-state index contributed by atoms with van der Waals surface area (Å²) in [4.78, 5) is 19.6. The smallest absolute Gasteiger partial charge is 0.272 e. The molecule has 26 heavy (non-hydrogen) atoms.